The van der Waals surface area contributed by atoms with Gasteiger partial charge in [0.05, 0.1) is 17.1 Å². The van der Waals surface area contributed by atoms with E-state index in [1.54, 1.807) is 6.20 Å². The van der Waals surface area contributed by atoms with Crippen molar-refractivity contribution >= 4 is 38.8 Å². The van der Waals surface area contributed by atoms with E-state index in [9.17, 15) is 4.79 Å². The van der Waals surface area contributed by atoms with Crippen LogP contribution in [0.15, 0.2) is 54.7 Å². The molecule has 1 amide bonds. The number of thiophene rings is 1. The Bertz CT molecular complexity index is 1150. The first-order valence-corrected chi connectivity index (χ1v) is 9.33. The molecule has 3 N–H and O–H groups in total. The van der Waals surface area contributed by atoms with Crippen molar-refractivity contribution in [1.29, 1.82) is 0 Å². The summed E-state index contributed by atoms with van der Waals surface area (Å²) < 4.78 is 0. The second kappa shape index (κ2) is 6.81. The highest BCUT2D eigenvalue weighted by Gasteiger charge is 2.18. The minimum absolute atomic E-state index is 0.221. The summed E-state index contributed by atoms with van der Waals surface area (Å²) in [5.41, 5.74) is 11.2. The number of anilines is 2. The Balaban J connectivity index is 1.69. The number of carbonyl (C=O) groups is 1. The van der Waals surface area contributed by atoms with E-state index in [1.165, 1.54) is 11.3 Å². The third-order valence-electron chi connectivity index (χ3n) is 4.36. The highest BCUT2D eigenvalue weighted by atomic mass is 32.1. The number of rotatable bonds is 3. The summed E-state index contributed by atoms with van der Waals surface area (Å²) in [5.74, 6) is -0.221. The van der Waals surface area contributed by atoms with Crippen molar-refractivity contribution in [2.45, 2.75) is 13.8 Å². The molecule has 4 rings (SSSR count). The number of aryl methyl sites for hydroxylation is 2. The largest absolute Gasteiger partial charge is 0.397 e. The van der Waals surface area contributed by atoms with Gasteiger partial charge < -0.3 is 11.1 Å². The maximum Gasteiger partial charge on any atom is 0.267 e. The van der Waals surface area contributed by atoms with Gasteiger partial charge in [-0.15, -0.1) is 11.3 Å². The Morgan fingerprint density at radius 1 is 1.07 bits per heavy atom. The van der Waals surface area contributed by atoms with E-state index in [0.29, 0.717) is 10.6 Å². The normalized spacial score (nSPS) is 10.9. The zero-order valence-corrected chi connectivity index (χ0v) is 15.8. The minimum Gasteiger partial charge on any atom is -0.397 e. The molecule has 134 valence electrons. The first-order valence-electron chi connectivity index (χ1n) is 8.52. The number of pyridine rings is 2. The SMILES string of the molecule is Cc1ccc(NC(=O)c2sc3nc(-c4ccccn4)ccc3c2N)c(C)c1. The first kappa shape index (κ1) is 17.2. The molecule has 3 heterocycles. The molecule has 1 aromatic carbocycles. The standard InChI is InChI=1S/C21H18N4OS/c1-12-6-8-15(13(2)11-12)24-20(26)19-18(22)14-7-9-17(25-21(14)27-19)16-5-3-4-10-23-16/h3-11H,22H2,1-2H3,(H,24,26). The summed E-state index contributed by atoms with van der Waals surface area (Å²) in [7, 11) is 0. The Labute approximate surface area is 160 Å². The van der Waals surface area contributed by atoms with Gasteiger partial charge in [-0.3, -0.25) is 9.78 Å². The molecule has 27 heavy (non-hydrogen) atoms. The molecule has 0 unspecified atom stereocenters. The van der Waals surface area contributed by atoms with Crippen LogP contribution in [0.5, 0.6) is 0 Å². The van der Waals surface area contributed by atoms with Crippen LogP contribution in [0.25, 0.3) is 21.6 Å². The number of benzene rings is 1. The van der Waals surface area contributed by atoms with E-state index in [0.717, 1.165) is 38.4 Å². The fraction of sp³-hybridized carbons (Fsp3) is 0.0952. The number of nitrogens with one attached hydrogen (secondary N) is 1. The van der Waals surface area contributed by atoms with Gasteiger partial charge in [0.2, 0.25) is 0 Å². The second-order valence-corrected chi connectivity index (χ2v) is 7.38. The lowest BCUT2D eigenvalue weighted by Gasteiger charge is -2.08. The Morgan fingerprint density at radius 3 is 2.67 bits per heavy atom. The third-order valence-corrected chi connectivity index (χ3v) is 5.47. The number of nitrogens with two attached hydrogens (primary N) is 1. The summed E-state index contributed by atoms with van der Waals surface area (Å²) in [6.07, 6.45) is 1.73. The van der Waals surface area contributed by atoms with Crippen LogP contribution in [0.1, 0.15) is 20.8 Å². The average molecular weight is 374 g/mol. The van der Waals surface area contributed by atoms with E-state index >= 15 is 0 Å². The third kappa shape index (κ3) is 3.27. The first-order chi connectivity index (χ1) is 13.0. The highest BCUT2D eigenvalue weighted by Crippen LogP contribution is 2.34. The molecule has 6 heteroatoms. The van der Waals surface area contributed by atoms with Crippen LogP contribution < -0.4 is 11.1 Å². The minimum atomic E-state index is -0.221. The summed E-state index contributed by atoms with van der Waals surface area (Å²) in [6, 6.07) is 15.4. The van der Waals surface area contributed by atoms with Crippen LogP contribution >= 0.6 is 11.3 Å². The molecule has 0 atom stereocenters. The molecule has 0 bridgehead atoms. The van der Waals surface area contributed by atoms with Gasteiger partial charge in [-0.05, 0) is 49.7 Å². The van der Waals surface area contributed by atoms with Crippen molar-refractivity contribution in [2.24, 2.45) is 0 Å². The molecule has 0 fully saturated rings. The monoisotopic (exact) mass is 374 g/mol. The van der Waals surface area contributed by atoms with Gasteiger partial charge in [-0.2, -0.15) is 0 Å². The lowest BCUT2D eigenvalue weighted by Crippen LogP contribution is -2.12. The molecule has 3 aromatic heterocycles. The summed E-state index contributed by atoms with van der Waals surface area (Å²) in [5, 5.41) is 3.74. The smallest absolute Gasteiger partial charge is 0.267 e. The van der Waals surface area contributed by atoms with Gasteiger partial charge in [-0.1, -0.05) is 23.8 Å². The number of nitrogens with zero attached hydrogens (tertiary/aromatic N) is 2. The Hall–Kier alpha value is -3.25. The molecule has 0 radical (unpaired) electrons. The number of amides is 1. The molecule has 0 saturated carbocycles. The summed E-state index contributed by atoms with van der Waals surface area (Å²) >= 11 is 1.29. The maximum absolute atomic E-state index is 12.8. The van der Waals surface area contributed by atoms with Crippen LogP contribution in [-0.4, -0.2) is 15.9 Å². The molecule has 4 aromatic rings. The van der Waals surface area contributed by atoms with E-state index < -0.39 is 0 Å². The maximum atomic E-state index is 12.8. The van der Waals surface area contributed by atoms with Gasteiger partial charge in [0, 0.05) is 17.3 Å². The second-order valence-electron chi connectivity index (χ2n) is 6.38. The predicted molar refractivity (Wildman–Crippen MR) is 111 cm³/mol. The lowest BCUT2D eigenvalue weighted by molar-refractivity contribution is 0.103. The van der Waals surface area contributed by atoms with Crippen molar-refractivity contribution in [3.63, 3.8) is 0 Å². The number of carbonyl (C=O) groups excluding carboxylic acids is 1. The molecule has 0 saturated heterocycles. The van der Waals surface area contributed by atoms with E-state index in [1.807, 2.05) is 62.4 Å². The van der Waals surface area contributed by atoms with Crippen LogP contribution in [0.2, 0.25) is 0 Å². The van der Waals surface area contributed by atoms with Crippen LogP contribution in [0, 0.1) is 13.8 Å². The summed E-state index contributed by atoms with van der Waals surface area (Å²) in [4.78, 5) is 22.9. The fourth-order valence-corrected chi connectivity index (χ4v) is 3.94. The Kier molecular flexibility index (Phi) is 4.33. The quantitative estimate of drug-likeness (QED) is 0.539. The van der Waals surface area contributed by atoms with E-state index in [-0.39, 0.29) is 5.91 Å². The fourth-order valence-electron chi connectivity index (χ4n) is 2.96. The van der Waals surface area contributed by atoms with Crippen molar-refractivity contribution in [1.82, 2.24) is 9.97 Å². The number of nitrogen functional groups attached to an aromatic ring is 1. The molecular weight excluding hydrogens is 356 g/mol. The number of fused-ring (bicyclic) bond motifs is 1. The molecule has 0 spiro atoms. The topological polar surface area (TPSA) is 80.9 Å². The number of hydrogen-bond donors (Lipinski definition) is 2. The summed E-state index contributed by atoms with van der Waals surface area (Å²) in [6.45, 7) is 3.99. The highest BCUT2D eigenvalue weighted by molar-refractivity contribution is 7.21. The van der Waals surface area contributed by atoms with Crippen molar-refractivity contribution in [3.8, 4) is 11.4 Å². The van der Waals surface area contributed by atoms with Gasteiger partial charge in [0.25, 0.3) is 5.91 Å². The van der Waals surface area contributed by atoms with Crippen molar-refractivity contribution in [2.75, 3.05) is 11.1 Å². The number of aromatic nitrogens is 2. The average Bonchev–Trinajstić information content (AvgIpc) is 3.01. The van der Waals surface area contributed by atoms with Crippen LogP contribution in [-0.2, 0) is 0 Å². The molecule has 5 nitrogen and oxygen atoms in total. The van der Waals surface area contributed by atoms with Crippen LogP contribution in [0.3, 0.4) is 0 Å². The van der Waals surface area contributed by atoms with Crippen molar-refractivity contribution in [3.05, 3.63) is 70.7 Å². The predicted octanol–water partition coefficient (Wildman–Crippen LogP) is 4.81. The van der Waals surface area contributed by atoms with Gasteiger partial charge in [0.1, 0.15) is 9.71 Å². The van der Waals surface area contributed by atoms with E-state index in [2.05, 4.69) is 15.3 Å². The van der Waals surface area contributed by atoms with Gasteiger partial charge in [0.15, 0.2) is 0 Å². The zero-order chi connectivity index (χ0) is 19.0. The van der Waals surface area contributed by atoms with Crippen molar-refractivity contribution < 1.29 is 4.79 Å². The van der Waals surface area contributed by atoms with Gasteiger partial charge in [-0.25, -0.2) is 4.98 Å². The molecular formula is C21H18N4OS. The molecule has 0 aliphatic carbocycles. The zero-order valence-electron chi connectivity index (χ0n) is 15.0. The van der Waals surface area contributed by atoms with Crippen LogP contribution in [0.4, 0.5) is 11.4 Å². The molecule has 0 aliphatic heterocycles. The van der Waals surface area contributed by atoms with Gasteiger partial charge >= 0.3 is 0 Å². The number of hydrogen-bond acceptors (Lipinski definition) is 5. The molecule has 0 aliphatic rings. The lowest BCUT2D eigenvalue weighted by atomic mass is 10.1. The van der Waals surface area contributed by atoms with E-state index in [4.69, 9.17) is 5.73 Å². The Morgan fingerprint density at radius 2 is 1.93 bits per heavy atom.